The highest BCUT2D eigenvalue weighted by molar-refractivity contribution is 5.84. The molecule has 0 aliphatic carbocycles. The summed E-state index contributed by atoms with van der Waals surface area (Å²) in [5, 5.41) is 17.9. The van der Waals surface area contributed by atoms with Gasteiger partial charge in [-0.1, -0.05) is 29.8 Å². The van der Waals surface area contributed by atoms with Crippen molar-refractivity contribution in [3.05, 3.63) is 74.8 Å². The zero-order chi connectivity index (χ0) is 19.8. The largest absolute Gasteiger partial charge is 0.376 e. The predicted octanol–water partition coefficient (Wildman–Crippen LogP) is 3.75. The zero-order valence-electron chi connectivity index (χ0n) is 15.5. The van der Waals surface area contributed by atoms with E-state index in [0.29, 0.717) is 5.56 Å². The van der Waals surface area contributed by atoms with Crippen LogP contribution in [0.15, 0.2) is 47.6 Å². The van der Waals surface area contributed by atoms with Crippen LogP contribution in [0.2, 0.25) is 0 Å². The summed E-state index contributed by atoms with van der Waals surface area (Å²) in [5.41, 5.74) is 7.16. The number of nitrogens with zero attached hydrogens (tertiary/aromatic N) is 2. The Morgan fingerprint density at radius 2 is 1.85 bits per heavy atom. The zero-order valence-corrected chi connectivity index (χ0v) is 15.5. The van der Waals surface area contributed by atoms with E-state index in [1.807, 2.05) is 20.8 Å². The maximum absolute atomic E-state index is 11.9. The van der Waals surface area contributed by atoms with E-state index in [2.05, 4.69) is 28.0 Å². The number of nitro groups is 1. The number of benzene rings is 2. The molecule has 140 valence electrons. The van der Waals surface area contributed by atoms with Crippen molar-refractivity contribution in [1.29, 1.82) is 0 Å². The first-order valence-corrected chi connectivity index (χ1v) is 8.42. The monoisotopic (exact) mass is 366 g/mol. The Balaban J connectivity index is 1.87. The Labute approximate surface area is 157 Å². The van der Waals surface area contributed by atoms with Crippen LogP contribution in [0.25, 0.3) is 6.08 Å². The van der Waals surface area contributed by atoms with Gasteiger partial charge in [0, 0.05) is 18.0 Å². The number of allylic oxidation sites excluding steroid dienone is 1. The van der Waals surface area contributed by atoms with E-state index < -0.39 is 4.92 Å². The molecule has 0 aliphatic rings. The fraction of sp³-hybridized carbons (Fsp3) is 0.200. The number of para-hydroxylation sites is 1. The molecule has 0 fully saturated rings. The van der Waals surface area contributed by atoms with Crippen LogP contribution in [-0.4, -0.2) is 23.6 Å². The van der Waals surface area contributed by atoms with E-state index >= 15 is 0 Å². The molecule has 2 N–H and O–H groups in total. The summed E-state index contributed by atoms with van der Waals surface area (Å²) in [5.74, 6) is -0.287. The van der Waals surface area contributed by atoms with Crippen molar-refractivity contribution in [2.75, 3.05) is 11.9 Å². The minimum absolute atomic E-state index is 0.0132. The van der Waals surface area contributed by atoms with Crippen molar-refractivity contribution in [3.8, 4) is 0 Å². The van der Waals surface area contributed by atoms with Gasteiger partial charge in [0.1, 0.15) is 0 Å². The standard InChI is InChI=1S/C20H22N4O3/c1-14-11-15(2)20(16(3)12-14)21-13-19(25)23-22-10-6-8-17-7-4-5-9-18(17)24(26)27/h4-12,21H,13H2,1-3H3,(H,23,25)/b8-6+,22-10-. The van der Waals surface area contributed by atoms with Gasteiger partial charge in [-0.2, -0.15) is 5.10 Å². The Kier molecular flexibility index (Phi) is 6.82. The minimum atomic E-state index is -0.445. The fourth-order valence-electron chi connectivity index (χ4n) is 2.76. The highest BCUT2D eigenvalue weighted by Crippen LogP contribution is 2.21. The molecule has 2 aromatic carbocycles. The maximum atomic E-state index is 11.9. The quantitative estimate of drug-likeness (QED) is 0.443. The van der Waals surface area contributed by atoms with E-state index in [4.69, 9.17) is 0 Å². The molecule has 0 unspecified atom stereocenters. The number of carbonyl (C=O) groups is 1. The second kappa shape index (κ2) is 9.28. The molecule has 0 aromatic heterocycles. The third-order valence-corrected chi connectivity index (χ3v) is 3.86. The molecule has 2 rings (SSSR count). The second-order valence-electron chi connectivity index (χ2n) is 6.12. The first kappa shape index (κ1) is 19.8. The molecule has 7 nitrogen and oxygen atoms in total. The lowest BCUT2D eigenvalue weighted by molar-refractivity contribution is -0.385. The molecule has 27 heavy (non-hydrogen) atoms. The van der Waals surface area contributed by atoms with Gasteiger partial charge in [0.05, 0.1) is 17.0 Å². The molecule has 0 saturated carbocycles. The number of anilines is 1. The van der Waals surface area contributed by atoms with Gasteiger partial charge in [0.2, 0.25) is 0 Å². The van der Waals surface area contributed by atoms with E-state index in [-0.39, 0.29) is 18.1 Å². The van der Waals surface area contributed by atoms with Crippen molar-refractivity contribution in [3.63, 3.8) is 0 Å². The summed E-state index contributed by atoms with van der Waals surface area (Å²) >= 11 is 0. The van der Waals surface area contributed by atoms with Crippen LogP contribution in [0.4, 0.5) is 11.4 Å². The average Bonchev–Trinajstić information content (AvgIpc) is 2.60. The van der Waals surface area contributed by atoms with Gasteiger partial charge < -0.3 is 5.32 Å². The lowest BCUT2D eigenvalue weighted by Crippen LogP contribution is -2.26. The molecule has 0 heterocycles. The van der Waals surface area contributed by atoms with E-state index in [0.717, 1.165) is 16.8 Å². The molecule has 0 aliphatic heterocycles. The molecular formula is C20H22N4O3. The van der Waals surface area contributed by atoms with Crippen molar-refractivity contribution >= 4 is 29.6 Å². The smallest absolute Gasteiger partial charge is 0.276 e. The van der Waals surface area contributed by atoms with Gasteiger partial charge in [-0.3, -0.25) is 14.9 Å². The number of nitrogens with one attached hydrogen (secondary N) is 2. The third kappa shape index (κ3) is 5.78. The number of hydrogen-bond acceptors (Lipinski definition) is 5. The van der Waals surface area contributed by atoms with Crippen LogP contribution >= 0.6 is 0 Å². The summed E-state index contributed by atoms with van der Waals surface area (Å²) in [6.07, 6.45) is 4.46. The Morgan fingerprint density at radius 1 is 1.19 bits per heavy atom. The average molecular weight is 366 g/mol. The number of carbonyl (C=O) groups excluding carboxylic acids is 1. The highest BCUT2D eigenvalue weighted by Gasteiger charge is 2.08. The number of hydrogen-bond donors (Lipinski definition) is 2. The molecule has 0 saturated heterocycles. The number of aryl methyl sites for hydroxylation is 3. The highest BCUT2D eigenvalue weighted by atomic mass is 16.6. The Morgan fingerprint density at radius 3 is 2.52 bits per heavy atom. The maximum Gasteiger partial charge on any atom is 0.276 e. The number of amides is 1. The van der Waals surface area contributed by atoms with E-state index in [1.165, 1.54) is 23.9 Å². The predicted molar refractivity (Wildman–Crippen MR) is 108 cm³/mol. The second-order valence-corrected chi connectivity index (χ2v) is 6.12. The third-order valence-electron chi connectivity index (χ3n) is 3.86. The van der Waals surface area contributed by atoms with Crippen LogP contribution in [0, 0.1) is 30.9 Å². The molecule has 0 radical (unpaired) electrons. The van der Waals surface area contributed by atoms with Gasteiger partial charge in [-0.15, -0.1) is 0 Å². The minimum Gasteiger partial charge on any atom is -0.376 e. The first-order chi connectivity index (χ1) is 12.9. The van der Waals surface area contributed by atoms with Crippen molar-refractivity contribution in [2.24, 2.45) is 5.10 Å². The molecule has 1 amide bonds. The van der Waals surface area contributed by atoms with Crippen LogP contribution in [0.3, 0.4) is 0 Å². The molecule has 0 bridgehead atoms. The van der Waals surface area contributed by atoms with Gasteiger partial charge >= 0.3 is 0 Å². The molecular weight excluding hydrogens is 344 g/mol. The topological polar surface area (TPSA) is 96.6 Å². The van der Waals surface area contributed by atoms with E-state index in [1.54, 1.807) is 24.3 Å². The molecule has 0 atom stereocenters. The number of rotatable bonds is 7. The summed E-state index contributed by atoms with van der Waals surface area (Å²) in [7, 11) is 0. The van der Waals surface area contributed by atoms with Gasteiger partial charge in [0.15, 0.2) is 0 Å². The lowest BCUT2D eigenvalue weighted by Gasteiger charge is -2.13. The van der Waals surface area contributed by atoms with Crippen molar-refractivity contribution in [1.82, 2.24) is 5.43 Å². The summed E-state index contributed by atoms with van der Waals surface area (Å²) in [6, 6.07) is 10.5. The van der Waals surface area contributed by atoms with Gasteiger partial charge in [-0.25, -0.2) is 5.43 Å². The Hall–Kier alpha value is -3.48. The summed E-state index contributed by atoms with van der Waals surface area (Å²) < 4.78 is 0. The van der Waals surface area contributed by atoms with Gasteiger partial charge in [-0.05, 0) is 50.1 Å². The number of nitro benzene ring substituents is 1. The lowest BCUT2D eigenvalue weighted by atomic mass is 10.1. The van der Waals surface area contributed by atoms with E-state index in [9.17, 15) is 14.9 Å². The normalized spacial score (nSPS) is 11.1. The molecule has 0 spiro atoms. The van der Waals surface area contributed by atoms with Crippen LogP contribution in [0.1, 0.15) is 22.3 Å². The van der Waals surface area contributed by atoms with Crippen LogP contribution < -0.4 is 10.7 Å². The Bertz CT molecular complexity index is 881. The first-order valence-electron chi connectivity index (χ1n) is 8.42. The van der Waals surface area contributed by atoms with Crippen molar-refractivity contribution < 1.29 is 9.72 Å². The summed E-state index contributed by atoms with van der Waals surface area (Å²) in [6.45, 7) is 6.11. The summed E-state index contributed by atoms with van der Waals surface area (Å²) in [4.78, 5) is 22.4. The number of hydrazone groups is 1. The fourth-order valence-corrected chi connectivity index (χ4v) is 2.76. The van der Waals surface area contributed by atoms with Crippen molar-refractivity contribution in [2.45, 2.75) is 20.8 Å². The SMILES string of the molecule is Cc1cc(C)c(NCC(=O)N/N=C\C=C\c2ccccc2[N+](=O)[O-])c(C)c1. The molecule has 2 aromatic rings. The molecule has 7 heteroatoms. The van der Waals surface area contributed by atoms with Crippen LogP contribution in [0.5, 0.6) is 0 Å². The van der Waals surface area contributed by atoms with Gasteiger partial charge in [0.25, 0.3) is 11.6 Å². The van der Waals surface area contributed by atoms with Crippen LogP contribution in [-0.2, 0) is 4.79 Å².